The summed E-state index contributed by atoms with van der Waals surface area (Å²) >= 11 is 0. The number of carbonyl (C=O) groups is 2. The van der Waals surface area contributed by atoms with E-state index in [2.05, 4.69) is 11.1 Å². The highest BCUT2D eigenvalue weighted by atomic mass is 16.5. The molecular formula is C26H29N3O5. The molecule has 8 nitrogen and oxygen atoms in total. The van der Waals surface area contributed by atoms with Crippen LogP contribution in [0.5, 0.6) is 0 Å². The topological polar surface area (TPSA) is 102 Å². The van der Waals surface area contributed by atoms with Crippen LogP contribution in [-0.2, 0) is 27.3 Å². The van der Waals surface area contributed by atoms with E-state index in [4.69, 9.17) is 4.74 Å². The normalized spacial score (nSPS) is 25.5. The fourth-order valence-corrected chi connectivity index (χ4v) is 5.93. The van der Waals surface area contributed by atoms with Crippen molar-refractivity contribution in [1.82, 2.24) is 14.5 Å². The maximum absolute atomic E-state index is 13.6. The van der Waals surface area contributed by atoms with Crippen molar-refractivity contribution in [3.8, 4) is 0 Å². The Hall–Kier alpha value is -3.26. The van der Waals surface area contributed by atoms with Crippen LogP contribution in [0.25, 0.3) is 5.57 Å². The van der Waals surface area contributed by atoms with Crippen LogP contribution >= 0.6 is 0 Å². The lowest BCUT2D eigenvalue weighted by Gasteiger charge is -2.38. The van der Waals surface area contributed by atoms with E-state index < -0.39 is 29.9 Å². The average molecular weight is 464 g/mol. The van der Waals surface area contributed by atoms with Crippen molar-refractivity contribution < 1.29 is 19.4 Å². The van der Waals surface area contributed by atoms with Crippen LogP contribution in [0, 0.1) is 11.8 Å². The van der Waals surface area contributed by atoms with Gasteiger partial charge < -0.3 is 19.3 Å². The SMILES string of the molecule is COC(=O)[C@@H]1[C@@H](CO)[C@@H]2Cn3c(ccc(C4=CCCCC4)c3=O)[C@H]1N2C(=O)Cc1ccccn1. The zero-order chi connectivity index (χ0) is 23.8. The predicted octanol–water partition coefficient (Wildman–Crippen LogP) is 2.11. The third kappa shape index (κ3) is 3.66. The molecule has 0 unspecified atom stereocenters. The summed E-state index contributed by atoms with van der Waals surface area (Å²) in [6.45, 7) is -0.0481. The number of methoxy groups -OCH3 is 1. The first-order chi connectivity index (χ1) is 16.5. The highest BCUT2D eigenvalue weighted by molar-refractivity contribution is 5.83. The van der Waals surface area contributed by atoms with Crippen LogP contribution in [0.3, 0.4) is 0 Å². The monoisotopic (exact) mass is 463 g/mol. The molecule has 0 radical (unpaired) electrons. The number of fused-ring (bicyclic) bond motifs is 4. The molecule has 0 aromatic carbocycles. The van der Waals surface area contributed by atoms with Gasteiger partial charge >= 0.3 is 5.97 Å². The second kappa shape index (κ2) is 9.18. The lowest BCUT2D eigenvalue weighted by molar-refractivity contribution is -0.148. The fourth-order valence-electron chi connectivity index (χ4n) is 5.93. The van der Waals surface area contributed by atoms with Gasteiger partial charge in [0.25, 0.3) is 5.56 Å². The van der Waals surface area contributed by atoms with Crippen LogP contribution in [0.15, 0.2) is 47.4 Å². The minimum absolute atomic E-state index is 0.0785. The largest absolute Gasteiger partial charge is 0.469 e. The molecule has 34 heavy (non-hydrogen) atoms. The number of aliphatic hydroxyl groups is 1. The van der Waals surface area contributed by atoms with Crippen LogP contribution < -0.4 is 5.56 Å². The lowest BCUT2D eigenvalue weighted by Crippen LogP contribution is -2.50. The molecule has 4 atom stereocenters. The van der Waals surface area contributed by atoms with Crippen LogP contribution in [-0.4, -0.2) is 51.2 Å². The molecule has 1 fully saturated rings. The molecule has 1 amide bonds. The first-order valence-corrected chi connectivity index (χ1v) is 11.9. The summed E-state index contributed by atoms with van der Waals surface area (Å²) in [6.07, 6.45) is 7.89. The maximum atomic E-state index is 13.6. The molecule has 2 aromatic rings. The van der Waals surface area contributed by atoms with E-state index in [-0.39, 0.29) is 31.0 Å². The molecule has 0 saturated carbocycles. The minimum Gasteiger partial charge on any atom is -0.469 e. The Kier molecular flexibility index (Phi) is 6.08. The van der Waals surface area contributed by atoms with Crippen molar-refractivity contribution in [2.75, 3.05) is 13.7 Å². The molecule has 8 heteroatoms. The summed E-state index contributed by atoms with van der Waals surface area (Å²) in [5, 5.41) is 10.3. The first-order valence-electron chi connectivity index (χ1n) is 11.9. The number of aliphatic hydroxyl groups excluding tert-OH is 1. The van der Waals surface area contributed by atoms with E-state index in [1.807, 2.05) is 18.2 Å². The van der Waals surface area contributed by atoms with E-state index in [0.29, 0.717) is 17.0 Å². The van der Waals surface area contributed by atoms with Gasteiger partial charge in [0.15, 0.2) is 0 Å². The van der Waals surface area contributed by atoms with Crippen molar-refractivity contribution in [3.05, 3.63) is 69.9 Å². The summed E-state index contributed by atoms with van der Waals surface area (Å²) in [5.74, 6) is -1.94. The van der Waals surface area contributed by atoms with Gasteiger partial charge in [-0.3, -0.25) is 19.4 Å². The predicted molar refractivity (Wildman–Crippen MR) is 125 cm³/mol. The van der Waals surface area contributed by atoms with Gasteiger partial charge in [0.1, 0.15) is 0 Å². The van der Waals surface area contributed by atoms with Crippen LogP contribution in [0.4, 0.5) is 0 Å². The molecule has 4 heterocycles. The Morgan fingerprint density at radius 3 is 2.74 bits per heavy atom. The van der Waals surface area contributed by atoms with E-state index in [9.17, 15) is 19.5 Å². The minimum atomic E-state index is -0.749. The number of hydrogen-bond acceptors (Lipinski definition) is 6. The fraction of sp³-hybridized carbons (Fsp3) is 0.462. The standard InChI is InChI=1S/C26H29N3O5/c1-34-26(33)23-19(15-30)21-14-28-20(11-10-18(25(28)32)16-7-3-2-4-8-16)24(23)29(21)22(31)13-17-9-5-6-12-27-17/h5-7,9-12,19,21,23-24,30H,2-4,8,13-15H2,1H3/t19-,21-,23+,24+/m0/s1. The Balaban J connectivity index is 1.59. The average Bonchev–Trinajstić information content (AvgIpc) is 3.12. The highest BCUT2D eigenvalue weighted by Gasteiger charge is 2.57. The number of amides is 1. The van der Waals surface area contributed by atoms with Gasteiger partial charge in [0.05, 0.1) is 31.5 Å². The van der Waals surface area contributed by atoms with Crippen molar-refractivity contribution >= 4 is 17.4 Å². The third-order valence-electron chi connectivity index (χ3n) is 7.50. The molecular weight excluding hydrogens is 434 g/mol. The number of nitrogens with zero attached hydrogens (tertiary/aromatic N) is 3. The Morgan fingerprint density at radius 2 is 2.06 bits per heavy atom. The number of ether oxygens (including phenoxy) is 1. The van der Waals surface area contributed by atoms with E-state index in [1.54, 1.807) is 27.8 Å². The maximum Gasteiger partial charge on any atom is 0.311 e. The molecule has 5 rings (SSSR count). The molecule has 2 aromatic heterocycles. The summed E-state index contributed by atoms with van der Waals surface area (Å²) in [4.78, 5) is 45.9. The summed E-state index contributed by atoms with van der Waals surface area (Å²) in [6, 6.07) is 7.92. The van der Waals surface area contributed by atoms with Gasteiger partial charge in [-0.2, -0.15) is 0 Å². The second-order valence-corrected chi connectivity index (χ2v) is 9.27. The zero-order valence-electron chi connectivity index (χ0n) is 19.2. The molecule has 2 bridgehead atoms. The Morgan fingerprint density at radius 1 is 1.21 bits per heavy atom. The van der Waals surface area contributed by atoms with Crippen molar-refractivity contribution in [2.45, 2.75) is 50.7 Å². The van der Waals surface area contributed by atoms with E-state index in [1.165, 1.54) is 7.11 Å². The number of aromatic nitrogens is 2. The molecule has 1 saturated heterocycles. The third-order valence-corrected chi connectivity index (χ3v) is 7.50. The zero-order valence-corrected chi connectivity index (χ0v) is 19.2. The second-order valence-electron chi connectivity index (χ2n) is 9.27. The van der Waals surface area contributed by atoms with Crippen LogP contribution in [0.1, 0.15) is 48.7 Å². The van der Waals surface area contributed by atoms with Gasteiger partial charge in [-0.05, 0) is 55.5 Å². The summed E-state index contributed by atoms with van der Waals surface area (Å²) in [7, 11) is 1.31. The number of allylic oxidation sites excluding steroid dienone is 2. The van der Waals surface area contributed by atoms with Crippen molar-refractivity contribution in [2.24, 2.45) is 11.8 Å². The van der Waals surface area contributed by atoms with E-state index in [0.717, 1.165) is 31.3 Å². The van der Waals surface area contributed by atoms with Gasteiger partial charge in [-0.1, -0.05) is 12.1 Å². The molecule has 2 aliphatic heterocycles. The van der Waals surface area contributed by atoms with Crippen molar-refractivity contribution in [3.63, 3.8) is 0 Å². The molecule has 0 spiro atoms. The summed E-state index contributed by atoms with van der Waals surface area (Å²) < 4.78 is 6.79. The number of pyridine rings is 2. The molecule has 178 valence electrons. The van der Waals surface area contributed by atoms with Gasteiger partial charge in [0, 0.05) is 42.2 Å². The van der Waals surface area contributed by atoms with Crippen molar-refractivity contribution in [1.29, 1.82) is 0 Å². The number of hydrogen-bond donors (Lipinski definition) is 1. The van der Waals surface area contributed by atoms with E-state index >= 15 is 0 Å². The molecule has 3 aliphatic rings. The Bertz CT molecular complexity index is 1190. The smallest absolute Gasteiger partial charge is 0.311 e. The lowest BCUT2D eigenvalue weighted by atomic mass is 9.87. The number of rotatable bonds is 5. The number of esters is 1. The molecule has 1 N–H and O–H groups in total. The van der Waals surface area contributed by atoms with Gasteiger partial charge in [-0.25, -0.2) is 0 Å². The highest BCUT2D eigenvalue weighted by Crippen LogP contribution is 2.49. The van der Waals surface area contributed by atoms with Gasteiger partial charge in [-0.15, -0.1) is 0 Å². The van der Waals surface area contributed by atoms with Crippen LogP contribution in [0.2, 0.25) is 0 Å². The quantitative estimate of drug-likeness (QED) is 0.682. The van der Waals surface area contributed by atoms with Gasteiger partial charge in [0.2, 0.25) is 5.91 Å². The number of carbonyl (C=O) groups excluding carboxylic acids is 2. The molecule has 1 aliphatic carbocycles. The Labute approximate surface area is 197 Å². The summed E-state index contributed by atoms with van der Waals surface area (Å²) in [5.41, 5.74) is 2.90. The first kappa shape index (κ1) is 22.5.